The first-order valence-electron chi connectivity index (χ1n) is 15.8. The summed E-state index contributed by atoms with van der Waals surface area (Å²) in [6.45, 7) is 6.50. The van der Waals surface area contributed by atoms with Crippen molar-refractivity contribution in [3.8, 4) is 28.4 Å². The zero-order valence-corrected chi connectivity index (χ0v) is 26.1. The molecule has 4 aromatic rings. The molecule has 2 heterocycles. The predicted molar refractivity (Wildman–Crippen MR) is 173 cm³/mol. The fourth-order valence-electron chi connectivity index (χ4n) is 6.89. The van der Waals surface area contributed by atoms with Crippen molar-refractivity contribution in [3.63, 3.8) is 0 Å². The summed E-state index contributed by atoms with van der Waals surface area (Å²) in [5.41, 5.74) is 9.97. The van der Waals surface area contributed by atoms with Crippen LogP contribution in [0.25, 0.3) is 16.8 Å². The number of rotatable bonds is 10. The zero-order chi connectivity index (χ0) is 30.6. The van der Waals surface area contributed by atoms with Crippen LogP contribution >= 0.6 is 0 Å². The molecule has 3 aromatic carbocycles. The molecule has 44 heavy (non-hydrogen) atoms. The number of aryl methyl sites for hydroxylation is 2. The largest absolute Gasteiger partial charge is 0.494 e. The van der Waals surface area contributed by atoms with Crippen molar-refractivity contribution < 1.29 is 19.0 Å². The van der Waals surface area contributed by atoms with E-state index in [2.05, 4.69) is 71.2 Å². The number of esters is 1. The minimum Gasteiger partial charge on any atom is -0.494 e. The van der Waals surface area contributed by atoms with Gasteiger partial charge in [0.15, 0.2) is 0 Å². The van der Waals surface area contributed by atoms with E-state index in [1.807, 2.05) is 6.07 Å². The summed E-state index contributed by atoms with van der Waals surface area (Å²) in [7, 11) is 3.15. The Balaban J connectivity index is 1.34. The Morgan fingerprint density at radius 1 is 1.02 bits per heavy atom. The zero-order valence-electron chi connectivity index (χ0n) is 26.1. The molecule has 1 saturated heterocycles. The van der Waals surface area contributed by atoms with Crippen LogP contribution in [0.4, 0.5) is 5.69 Å². The maximum atomic E-state index is 12.6. The standard InChI is InChI=1S/C36H42N4O4/c1-5-23-20-27(12-13-28(23)24-16-18-37-19-17-24)39-31-14-10-25-8-7-9-29(34(25)31)26-11-15-33(42-3)32(21-26)40-35(43-4)30(22-38-40)36(41)44-6-2/h7-9,11-13,15,20-22,24,31,37,39H,5-6,10,14,16-19H2,1-4H3. The third kappa shape index (κ3) is 5.66. The third-order valence-electron chi connectivity index (χ3n) is 9.02. The van der Waals surface area contributed by atoms with E-state index in [0.717, 1.165) is 37.9 Å². The molecule has 2 aliphatic rings. The molecule has 1 aliphatic heterocycles. The Labute approximate surface area is 259 Å². The van der Waals surface area contributed by atoms with Crippen molar-refractivity contribution in [2.75, 3.05) is 39.2 Å². The van der Waals surface area contributed by atoms with Gasteiger partial charge >= 0.3 is 5.97 Å². The van der Waals surface area contributed by atoms with E-state index in [1.54, 1.807) is 18.7 Å². The molecule has 8 nitrogen and oxygen atoms in total. The highest BCUT2D eigenvalue weighted by atomic mass is 16.5. The molecule has 1 aromatic heterocycles. The fourth-order valence-corrected chi connectivity index (χ4v) is 6.89. The average molecular weight is 595 g/mol. The van der Waals surface area contributed by atoms with E-state index < -0.39 is 5.97 Å². The first-order valence-corrected chi connectivity index (χ1v) is 15.8. The van der Waals surface area contributed by atoms with Crippen LogP contribution < -0.4 is 20.1 Å². The summed E-state index contributed by atoms with van der Waals surface area (Å²) in [5, 5.41) is 11.9. The van der Waals surface area contributed by atoms with E-state index in [1.165, 1.54) is 59.7 Å². The number of ether oxygens (including phenoxy) is 3. The molecular weight excluding hydrogens is 552 g/mol. The second kappa shape index (κ2) is 13.1. The maximum Gasteiger partial charge on any atom is 0.345 e. The second-order valence-corrected chi connectivity index (χ2v) is 11.5. The molecule has 0 radical (unpaired) electrons. The van der Waals surface area contributed by atoms with Gasteiger partial charge in [-0.1, -0.05) is 37.3 Å². The molecule has 1 aliphatic carbocycles. The number of carbonyl (C=O) groups is 1. The summed E-state index contributed by atoms with van der Waals surface area (Å²) in [4.78, 5) is 12.6. The van der Waals surface area contributed by atoms with Crippen molar-refractivity contribution in [1.82, 2.24) is 15.1 Å². The number of nitrogens with one attached hydrogen (secondary N) is 2. The van der Waals surface area contributed by atoms with Crippen LogP contribution in [-0.4, -0.2) is 49.7 Å². The maximum absolute atomic E-state index is 12.6. The molecule has 1 unspecified atom stereocenters. The van der Waals surface area contributed by atoms with Crippen LogP contribution in [0, 0.1) is 0 Å². The number of carbonyl (C=O) groups excluding carboxylic acids is 1. The Hall–Kier alpha value is -4.30. The first kappa shape index (κ1) is 29.8. The molecule has 2 N–H and O–H groups in total. The molecule has 0 amide bonds. The van der Waals surface area contributed by atoms with Crippen LogP contribution in [0.5, 0.6) is 11.6 Å². The van der Waals surface area contributed by atoms with E-state index in [9.17, 15) is 4.79 Å². The fraction of sp³-hybridized carbons (Fsp3) is 0.389. The Morgan fingerprint density at radius 3 is 2.61 bits per heavy atom. The van der Waals surface area contributed by atoms with Crippen molar-refractivity contribution in [2.24, 2.45) is 0 Å². The van der Waals surface area contributed by atoms with Gasteiger partial charge in [-0.2, -0.15) is 9.78 Å². The van der Waals surface area contributed by atoms with Gasteiger partial charge in [-0.15, -0.1) is 0 Å². The molecule has 0 spiro atoms. The number of anilines is 1. The third-order valence-corrected chi connectivity index (χ3v) is 9.02. The highest BCUT2D eigenvalue weighted by Gasteiger charge is 2.28. The molecule has 1 atom stereocenters. The molecule has 8 heteroatoms. The summed E-state index contributed by atoms with van der Waals surface area (Å²) in [6.07, 6.45) is 6.97. The number of hydrogen-bond acceptors (Lipinski definition) is 7. The van der Waals surface area contributed by atoms with Gasteiger partial charge in [-0.3, -0.25) is 0 Å². The monoisotopic (exact) mass is 594 g/mol. The predicted octanol–water partition coefficient (Wildman–Crippen LogP) is 6.86. The van der Waals surface area contributed by atoms with Gasteiger partial charge < -0.3 is 24.8 Å². The van der Waals surface area contributed by atoms with Crippen molar-refractivity contribution in [3.05, 3.63) is 88.6 Å². The van der Waals surface area contributed by atoms with Crippen molar-refractivity contribution in [2.45, 2.75) is 57.9 Å². The lowest BCUT2D eigenvalue weighted by molar-refractivity contribution is 0.0522. The van der Waals surface area contributed by atoms with Crippen LogP contribution in [-0.2, 0) is 17.6 Å². The molecule has 0 bridgehead atoms. The molecular formula is C36H42N4O4. The van der Waals surface area contributed by atoms with Gasteiger partial charge in [-0.25, -0.2) is 4.79 Å². The van der Waals surface area contributed by atoms with Crippen LogP contribution in [0.3, 0.4) is 0 Å². The molecule has 1 fully saturated rings. The number of benzene rings is 3. The molecule has 0 saturated carbocycles. The summed E-state index contributed by atoms with van der Waals surface area (Å²) in [5.74, 6) is 1.09. The van der Waals surface area contributed by atoms with Gasteiger partial charge in [0, 0.05) is 5.69 Å². The van der Waals surface area contributed by atoms with Gasteiger partial charge in [0.2, 0.25) is 5.88 Å². The van der Waals surface area contributed by atoms with E-state index in [4.69, 9.17) is 14.2 Å². The number of piperidine rings is 1. The minimum absolute atomic E-state index is 0.191. The Kier molecular flexibility index (Phi) is 8.89. The number of aromatic nitrogens is 2. The topological polar surface area (TPSA) is 86.6 Å². The van der Waals surface area contributed by atoms with E-state index >= 15 is 0 Å². The van der Waals surface area contributed by atoms with E-state index in [-0.39, 0.29) is 18.2 Å². The van der Waals surface area contributed by atoms with Gasteiger partial charge in [-0.05, 0) is 116 Å². The molecule has 6 rings (SSSR count). The Bertz CT molecular complexity index is 1640. The van der Waals surface area contributed by atoms with Gasteiger partial charge in [0.05, 0.1) is 33.1 Å². The second-order valence-electron chi connectivity index (χ2n) is 11.5. The van der Waals surface area contributed by atoms with Crippen LogP contribution in [0.2, 0.25) is 0 Å². The molecule has 230 valence electrons. The summed E-state index contributed by atoms with van der Waals surface area (Å²) in [6, 6.07) is 19.8. The SMILES string of the molecule is CCOC(=O)c1cnn(-c2cc(-c3cccc4c3C(Nc3ccc(C5CCNCC5)c(CC)c3)CC4)ccc2OC)c1OC. The highest BCUT2D eigenvalue weighted by molar-refractivity contribution is 5.92. The van der Waals surface area contributed by atoms with Crippen LogP contribution in [0.1, 0.15) is 77.7 Å². The first-order chi connectivity index (χ1) is 21.6. The quantitative estimate of drug-likeness (QED) is 0.194. The normalized spacial score (nSPS) is 16.4. The Morgan fingerprint density at radius 2 is 1.86 bits per heavy atom. The minimum atomic E-state index is -0.476. The average Bonchev–Trinajstić information content (AvgIpc) is 3.69. The number of hydrogen-bond donors (Lipinski definition) is 2. The van der Waals surface area contributed by atoms with Crippen LogP contribution in [0.15, 0.2) is 60.8 Å². The number of fused-ring (bicyclic) bond motifs is 1. The van der Waals surface area contributed by atoms with Gasteiger partial charge in [0.25, 0.3) is 0 Å². The number of methoxy groups -OCH3 is 2. The highest BCUT2D eigenvalue weighted by Crippen LogP contribution is 2.43. The lowest BCUT2D eigenvalue weighted by Gasteiger charge is -2.26. The van der Waals surface area contributed by atoms with Gasteiger partial charge in [0.1, 0.15) is 17.0 Å². The lowest BCUT2D eigenvalue weighted by Crippen LogP contribution is -2.27. The number of nitrogens with zero attached hydrogens (tertiary/aromatic N) is 2. The lowest BCUT2D eigenvalue weighted by atomic mass is 9.86. The summed E-state index contributed by atoms with van der Waals surface area (Å²) >= 11 is 0. The van der Waals surface area contributed by atoms with Crippen molar-refractivity contribution in [1.29, 1.82) is 0 Å². The van der Waals surface area contributed by atoms with E-state index in [0.29, 0.717) is 23.2 Å². The summed E-state index contributed by atoms with van der Waals surface area (Å²) < 4.78 is 18.2. The smallest absolute Gasteiger partial charge is 0.345 e. The van der Waals surface area contributed by atoms with Crippen molar-refractivity contribution >= 4 is 11.7 Å².